The second-order valence-corrected chi connectivity index (χ2v) is 6.42. The number of hydrogen-bond donors (Lipinski definition) is 1. The van der Waals surface area contributed by atoms with Gasteiger partial charge >= 0.3 is 0 Å². The van der Waals surface area contributed by atoms with Gasteiger partial charge < -0.3 is 5.32 Å². The molecule has 0 saturated heterocycles. The first-order chi connectivity index (χ1) is 10.3. The van der Waals surface area contributed by atoms with E-state index in [4.69, 9.17) is 0 Å². The Kier molecular flexibility index (Phi) is 4.54. The van der Waals surface area contributed by atoms with Crippen LogP contribution in [0.15, 0.2) is 30.3 Å². The molecule has 0 bridgehead atoms. The van der Waals surface area contributed by atoms with E-state index in [1.54, 1.807) is 0 Å². The van der Waals surface area contributed by atoms with Crippen molar-refractivity contribution in [1.82, 2.24) is 10.3 Å². The number of aryl methyl sites for hydroxylation is 2. The van der Waals surface area contributed by atoms with Crippen molar-refractivity contribution < 1.29 is 0 Å². The van der Waals surface area contributed by atoms with Gasteiger partial charge in [0.25, 0.3) is 0 Å². The molecule has 1 aliphatic carbocycles. The molecule has 1 atom stereocenters. The Hall–Kier alpha value is -1.41. The van der Waals surface area contributed by atoms with Crippen LogP contribution < -0.4 is 5.32 Å². The van der Waals surface area contributed by atoms with E-state index in [-0.39, 0.29) is 0 Å². The summed E-state index contributed by atoms with van der Waals surface area (Å²) in [7, 11) is 0. The molecule has 1 heterocycles. The quantitative estimate of drug-likeness (QED) is 0.821. The Morgan fingerprint density at radius 2 is 2.10 bits per heavy atom. The minimum absolute atomic E-state index is 0.719. The highest BCUT2D eigenvalue weighted by Gasteiger charge is 2.30. The van der Waals surface area contributed by atoms with E-state index in [0.29, 0.717) is 0 Å². The molecule has 3 rings (SSSR count). The van der Waals surface area contributed by atoms with Crippen LogP contribution in [0.5, 0.6) is 0 Å². The molecule has 1 fully saturated rings. The molecule has 0 aliphatic heterocycles. The average Bonchev–Trinajstić information content (AvgIpc) is 3.32. The van der Waals surface area contributed by atoms with Crippen LogP contribution in [0.4, 0.5) is 0 Å². The summed E-state index contributed by atoms with van der Waals surface area (Å²) in [5.74, 6) is 0.932. The summed E-state index contributed by atoms with van der Waals surface area (Å²) in [5.41, 5.74) is 3.64. The van der Waals surface area contributed by atoms with Crippen LogP contribution in [-0.2, 0) is 6.42 Å². The lowest BCUT2D eigenvalue weighted by atomic mass is 10.0. The van der Waals surface area contributed by atoms with E-state index in [0.717, 1.165) is 29.7 Å². The first kappa shape index (κ1) is 14.5. The van der Waals surface area contributed by atoms with Gasteiger partial charge in [-0.3, -0.25) is 4.98 Å². The molecule has 21 heavy (non-hydrogen) atoms. The van der Waals surface area contributed by atoms with Gasteiger partial charge in [0, 0.05) is 17.1 Å². The van der Waals surface area contributed by atoms with E-state index in [1.165, 1.54) is 43.1 Å². The molecule has 1 aliphatic rings. The maximum atomic E-state index is 4.58. The molecule has 0 spiro atoms. The normalized spacial score (nSPS) is 16.3. The maximum absolute atomic E-state index is 4.58. The van der Waals surface area contributed by atoms with Crippen molar-refractivity contribution in [2.24, 2.45) is 5.92 Å². The van der Waals surface area contributed by atoms with Gasteiger partial charge in [-0.1, -0.05) is 19.1 Å². The summed E-state index contributed by atoms with van der Waals surface area (Å²) in [5, 5.41) is 5.00. The molecular weight excluding hydrogens is 256 g/mol. The summed E-state index contributed by atoms with van der Waals surface area (Å²) in [6.45, 7) is 5.45. The summed E-state index contributed by atoms with van der Waals surface area (Å²) in [6.07, 6.45) is 6.49. The topological polar surface area (TPSA) is 24.9 Å². The lowest BCUT2D eigenvalue weighted by Crippen LogP contribution is -2.32. The number of hydrogen-bond acceptors (Lipinski definition) is 2. The van der Waals surface area contributed by atoms with Crippen LogP contribution in [0.3, 0.4) is 0 Å². The number of nitrogens with zero attached hydrogens (tertiary/aromatic N) is 1. The van der Waals surface area contributed by atoms with Crippen LogP contribution in [-0.4, -0.2) is 17.6 Å². The van der Waals surface area contributed by atoms with Crippen LogP contribution in [0.25, 0.3) is 10.9 Å². The van der Waals surface area contributed by atoms with Gasteiger partial charge in [0.2, 0.25) is 0 Å². The minimum atomic E-state index is 0.719. The van der Waals surface area contributed by atoms with Crippen molar-refractivity contribution >= 4 is 10.9 Å². The van der Waals surface area contributed by atoms with Crippen molar-refractivity contribution in [3.63, 3.8) is 0 Å². The summed E-state index contributed by atoms with van der Waals surface area (Å²) in [4.78, 5) is 4.58. The highest BCUT2D eigenvalue weighted by molar-refractivity contribution is 5.79. The molecule has 0 amide bonds. The Labute approximate surface area is 128 Å². The number of nitrogens with one attached hydrogen (secondary N) is 1. The monoisotopic (exact) mass is 282 g/mol. The minimum Gasteiger partial charge on any atom is -0.314 e. The number of fused-ring (bicyclic) bond motifs is 1. The second kappa shape index (κ2) is 6.57. The molecule has 112 valence electrons. The SMILES string of the molecule is CCCNC(CCc1ccc2nc(C)ccc2c1)C1CC1. The summed E-state index contributed by atoms with van der Waals surface area (Å²) >= 11 is 0. The predicted octanol–water partition coefficient (Wildman–Crippen LogP) is 4.25. The smallest absolute Gasteiger partial charge is 0.0705 e. The fourth-order valence-electron chi connectivity index (χ4n) is 3.09. The standard InChI is InChI=1S/C19H26N2/c1-3-12-20-18(16-8-9-16)10-5-15-6-11-19-17(13-15)7-4-14(2)21-19/h4,6-7,11,13,16,18,20H,3,5,8-10,12H2,1-2H3. The zero-order chi connectivity index (χ0) is 14.7. The maximum Gasteiger partial charge on any atom is 0.0705 e. The van der Waals surface area contributed by atoms with Crippen LogP contribution in [0.1, 0.15) is 43.9 Å². The third-order valence-corrected chi connectivity index (χ3v) is 4.48. The predicted molar refractivity (Wildman–Crippen MR) is 89.6 cm³/mol. The Morgan fingerprint density at radius 3 is 2.86 bits per heavy atom. The first-order valence-electron chi connectivity index (χ1n) is 8.36. The molecule has 2 nitrogen and oxygen atoms in total. The third kappa shape index (κ3) is 3.82. The fourth-order valence-corrected chi connectivity index (χ4v) is 3.09. The van der Waals surface area contributed by atoms with E-state index < -0.39 is 0 Å². The zero-order valence-corrected chi connectivity index (χ0v) is 13.2. The molecule has 1 saturated carbocycles. The lowest BCUT2D eigenvalue weighted by molar-refractivity contribution is 0.436. The van der Waals surface area contributed by atoms with Gasteiger partial charge in [-0.25, -0.2) is 0 Å². The van der Waals surface area contributed by atoms with Gasteiger partial charge in [-0.2, -0.15) is 0 Å². The van der Waals surface area contributed by atoms with Crippen molar-refractivity contribution in [1.29, 1.82) is 0 Å². The van der Waals surface area contributed by atoms with Gasteiger partial charge in [0.1, 0.15) is 0 Å². The largest absolute Gasteiger partial charge is 0.314 e. The second-order valence-electron chi connectivity index (χ2n) is 6.42. The molecule has 1 unspecified atom stereocenters. The highest BCUT2D eigenvalue weighted by Crippen LogP contribution is 2.34. The molecular formula is C19H26N2. The molecule has 2 heteroatoms. The molecule has 1 aromatic carbocycles. The average molecular weight is 282 g/mol. The number of benzene rings is 1. The molecule has 0 radical (unpaired) electrons. The lowest BCUT2D eigenvalue weighted by Gasteiger charge is -2.18. The van der Waals surface area contributed by atoms with Crippen molar-refractivity contribution in [3.05, 3.63) is 41.6 Å². The van der Waals surface area contributed by atoms with Crippen LogP contribution in [0, 0.1) is 12.8 Å². The number of aromatic nitrogens is 1. The van der Waals surface area contributed by atoms with Gasteiger partial charge in [-0.05, 0) is 75.3 Å². The summed E-state index contributed by atoms with van der Waals surface area (Å²) < 4.78 is 0. The highest BCUT2D eigenvalue weighted by atomic mass is 14.9. The zero-order valence-electron chi connectivity index (χ0n) is 13.2. The number of rotatable bonds is 7. The van der Waals surface area contributed by atoms with Crippen molar-refractivity contribution in [3.8, 4) is 0 Å². The fraction of sp³-hybridized carbons (Fsp3) is 0.526. The van der Waals surface area contributed by atoms with E-state index >= 15 is 0 Å². The van der Waals surface area contributed by atoms with Crippen molar-refractivity contribution in [2.75, 3.05) is 6.54 Å². The molecule has 2 aromatic rings. The third-order valence-electron chi connectivity index (χ3n) is 4.48. The Balaban J connectivity index is 1.65. The van der Waals surface area contributed by atoms with E-state index in [9.17, 15) is 0 Å². The summed E-state index contributed by atoms with van der Waals surface area (Å²) in [6, 6.07) is 11.7. The van der Waals surface area contributed by atoms with E-state index in [1.807, 2.05) is 6.92 Å². The van der Waals surface area contributed by atoms with Gasteiger partial charge in [0.05, 0.1) is 5.52 Å². The number of pyridine rings is 1. The molecule has 1 N–H and O–H groups in total. The Morgan fingerprint density at radius 1 is 1.24 bits per heavy atom. The van der Waals surface area contributed by atoms with Crippen LogP contribution in [0.2, 0.25) is 0 Å². The molecule has 1 aromatic heterocycles. The van der Waals surface area contributed by atoms with Crippen LogP contribution >= 0.6 is 0 Å². The van der Waals surface area contributed by atoms with Gasteiger partial charge in [-0.15, -0.1) is 0 Å². The Bertz CT molecular complexity index is 602. The first-order valence-corrected chi connectivity index (χ1v) is 8.36. The van der Waals surface area contributed by atoms with Crippen molar-refractivity contribution in [2.45, 2.75) is 52.0 Å². The van der Waals surface area contributed by atoms with E-state index in [2.05, 4.69) is 47.6 Å². The van der Waals surface area contributed by atoms with Gasteiger partial charge in [0.15, 0.2) is 0 Å².